The Kier molecular flexibility index (Phi) is 3.86. The van der Waals surface area contributed by atoms with Crippen molar-refractivity contribution < 1.29 is 18.1 Å². The number of nitrogens with one attached hydrogen (secondary N) is 2. The fourth-order valence-electron chi connectivity index (χ4n) is 2.24. The number of amides is 2. The zero-order valence-electron chi connectivity index (χ0n) is 11.3. The van der Waals surface area contributed by atoms with Crippen LogP contribution in [0.15, 0.2) is 24.3 Å². The molecule has 1 aliphatic heterocycles. The molecular weight excluding hydrogens is 298 g/mol. The zero-order valence-corrected chi connectivity index (χ0v) is 12.1. The maximum Gasteiger partial charge on any atom is 0.319 e. The molecule has 21 heavy (non-hydrogen) atoms. The number of hydrogen-bond donors (Lipinski definition) is 2. The maximum absolute atomic E-state index is 11.9. The molecular formula is C12H15N3O5S. The van der Waals surface area contributed by atoms with Crippen LogP contribution in [0.3, 0.4) is 0 Å². The number of nitro benzene ring substituents is 1. The summed E-state index contributed by atoms with van der Waals surface area (Å²) in [6.45, 7) is 1.66. The number of nitro groups is 1. The Bertz CT molecular complexity index is 688. The van der Waals surface area contributed by atoms with Gasteiger partial charge >= 0.3 is 6.03 Å². The molecule has 8 nitrogen and oxygen atoms in total. The van der Waals surface area contributed by atoms with Gasteiger partial charge < -0.3 is 10.6 Å². The van der Waals surface area contributed by atoms with Crippen molar-refractivity contribution in [2.45, 2.75) is 18.9 Å². The Morgan fingerprint density at radius 1 is 1.43 bits per heavy atom. The molecule has 1 aliphatic rings. The summed E-state index contributed by atoms with van der Waals surface area (Å²) in [5.41, 5.74) is -0.683. The number of hydrogen-bond acceptors (Lipinski definition) is 5. The highest BCUT2D eigenvalue weighted by Gasteiger charge is 2.39. The first-order valence-electron chi connectivity index (χ1n) is 6.23. The zero-order chi connectivity index (χ0) is 15.7. The highest BCUT2D eigenvalue weighted by atomic mass is 32.2. The minimum Gasteiger partial charge on any atom is -0.332 e. The fourth-order valence-corrected chi connectivity index (χ4v) is 4.34. The monoisotopic (exact) mass is 313 g/mol. The van der Waals surface area contributed by atoms with Gasteiger partial charge in [-0.1, -0.05) is 6.07 Å². The van der Waals surface area contributed by atoms with E-state index in [1.807, 2.05) is 0 Å². The molecule has 114 valence electrons. The van der Waals surface area contributed by atoms with Crippen LogP contribution in [0.5, 0.6) is 0 Å². The fraction of sp³-hybridized carbons (Fsp3) is 0.417. The number of benzene rings is 1. The van der Waals surface area contributed by atoms with Crippen LogP contribution >= 0.6 is 0 Å². The molecule has 0 aliphatic carbocycles. The predicted octanol–water partition coefficient (Wildman–Crippen LogP) is 1.29. The van der Waals surface area contributed by atoms with E-state index in [-0.39, 0.29) is 22.9 Å². The van der Waals surface area contributed by atoms with Gasteiger partial charge in [-0.25, -0.2) is 13.2 Å². The summed E-state index contributed by atoms with van der Waals surface area (Å²) in [6, 6.07) is 4.92. The van der Waals surface area contributed by atoms with Crippen molar-refractivity contribution in [2.24, 2.45) is 0 Å². The average Bonchev–Trinajstić information content (AvgIpc) is 2.63. The van der Waals surface area contributed by atoms with Crippen LogP contribution in [-0.2, 0) is 9.84 Å². The third-order valence-electron chi connectivity index (χ3n) is 3.23. The van der Waals surface area contributed by atoms with E-state index in [0.717, 1.165) is 0 Å². The largest absolute Gasteiger partial charge is 0.332 e. The SMILES string of the molecule is C[C@]1(NC(=O)Nc2cccc([N+](=O)[O-])c2)CCS(=O)(=O)C1. The molecule has 0 radical (unpaired) electrons. The normalized spacial score (nSPS) is 23.5. The summed E-state index contributed by atoms with van der Waals surface area (Å²) in [7, 11) is -3.12. The van der Waals surface area contributed by atoms with Gasteiger partial charge in [0.15, 0.2) is 9.84 Å². The van der Waals surface area contributed by atoms with Crippen LogP contribution < -0.4 is 10.6 Å². The topological polar surface area (TPSA) is 118 Å². The van der Waals surface area contributed by atoms with Crippen molar-refractivity contribution in [2.75, 3.05) is 16.8 Å². The van der Waals surface area contributed by atoms with E-state index in [9.17, 15) is 23.3 Å². The number of urea groups is 1. The number of carbonyl (C=O) groups is 1. The molecule has 0 saturated carbocycles. The molecule has 0 aromatic heterocycles. The van der Waals surface area contributed by atoms with Gasteiger partial charge in [0.05, 0.1) is 22.0 Å². The maximum atomic E-state index is 11.9. The summed E-state index contributed by atoms with van der Waals surface area (Å²) in [5, 5.41) is 15.7. The third kappa shape index (κ3) is 3.91. The van der Waals surface area contributed by atoms with Gasteiger partial charge in [0.25, 0.3) is 5.69 Å². The van der Waals surface area contributed by atoms with Crippen LogP contribution in [0.4, 0.5) is 16.2 Å². The first-order valence-corrected chi connectivity index (χ1v) is 8.05. The highest BCUT2D eigenvalue weighted by molar-refractivity contribution is 7.91. The molecule has 2 rings (SSSR count). The second-order valence-electron chi connectivity index (χ2n) is 5.29. The van der Waals surface area contributed by atoms with E-state index in [1.54, 1.807) is 6.92 Å². The first kappa shape index (κ1) is 15.2. The Labute approximate surface area is 121 Å². The van der Waals surface area contributed by atoms with Gasteiger partial charge in [-0.2, -0.15) is 0 Å². The lowest BCUT2D eigenvalue weighted by Crippen LogP contribution is -2.48. The highest BCUT2D eigenvalue weighted by Crippen LogP contribution is 2.23. The van der Waals surface area contributed by atoms with Crippen molar-refractivity contribution >= 4 is 27.2 Å². The lowest BCUT2D eigenvalue weighted by Gasteiger charge is -2.23. The lowest BCUT2D eigenvalue weighted by atomic mass is 10.0. The van der Waals surface area contributed by atoms with Gasteiger partial charge in [-0.3, -0.25) is 10.1 Å². The predicted molar refractivity (Wildman–Crippen MR) is 76.9 cm³/mol. The van der Waals surface area contributed by atoms with Gasteiger partial charge in [0, 0.05) is 17.8 Å². The number of carbonyl (C=O) groups excluding carboxylic acids is 1. The average molecular weight is 313 g/mol. The van der Waals surface area contributed by atoms with Gasteiger partial charge in [0.1, 0.15) is 0 Å². The van der Waals surface area contributed by atoms with E-state index in [0.29, 0.717) is 6.42 Å². The van der Waals surface area contributed by atoms with Gasteiger partial charge in [-0.05, 0) is 19.4 Å². The Morgan fingerprint density at radius 2 is 2.14 bits per heavy atom. The van der Waals surface area contributed by atoms with E-state index in [4.69, 9.17) is 0 Å². The second kappa shape index (κ2) is 5.32. The Balaban J connectivity index is 2.02. The quantitative estimate of drug-likeness (QED) is 0.644. The second-order valence-corrected chi connectivity index (χ2v) is 7.47. The molecule has 1 atom stereocenters. The standard InChI is InChI=1S/C12H15N3O5S/c1-12(5-6-21(19,20)8-12)14-11(16)13-9-3-2-4-10(7-9)15(17)18/h2-4,7H,5-6,8H2,1H3,(H2,13,14,16)/t12-/m0/s1. The molecule has 2 amide bonds. The first-order chi connectivity index (χ1) is 9.69. The van der Waals surface area contributed by atoms with E-state index >= 15 is 0 Å². The van der Waals surface area contributed by atoms with E-state index in [2.05, 4.69) is 10.6 Å². The smallest absolute Gasteiger partial charge is 0.319 e. The summed E-state index contributed by atoms with van der Waals surface area (Å²) in [5.74, 6) is -0.0665. The number of rotatable bonds is 3. The Morgan fingerprint density at radius 3 is 2.71 bits per heavy atom. The molecule has 0 bridgehead atoms. The number of non-ortho nitro benzene ring substituents is 1. The number of anilines is 1. The number of sulfone groups is 1. The van der Waals surface area contributed by atoms with E-state index in [1.165, 1.54) is 24.3 Å². The van der Waals surface area contributed by atoms with Crippen LogP contribution in [0, 0.1) is 10.1 Å². The van der Waals surface area contributed by atoms with Crippen LogP contribution in [0.1, 0.15) is 13.3 Å². The van der Waals surface area contributed by atoms with Crippen molar-refractivity contribution in [1.29, 1.82) is 0 Å². The minimum atomic E-state index is -3.12. The van der Waals surface area contributed by atoms with Crippen molar-refractivity contribution in [3.05, 3.63) is 34.4 Å². The minimum absolute atomic E-state index is 0.0423. The summed E-state index contributed by atoms with van der Waals surface area (Å²) >= 11 is 0. The van der Waals surface area contributed by atoms with Crippen molar-refractivity contribution in [3.63, 3.8) is 0 Å². The molecule has 0 spiro atoms. The summed E-state index contributed by atoms with van der Waals surface area (Å²) < 4.78 is 22.9. The molecule has 1 fully saturated rings. The van der Waals surface area contributed by atoms with Crippen LogP contribution in [-0.4, -0.2) is 36.4 Å². The molecule has 2 N–H and O–H groups in total. The number of nitrogens with zero attached hydrogens (tertiary/aromatic N) is 1. The summed E-state index contributed by atoms with van der Waals surface area (Å²) in [4.78, 5) is 22.0. The van der Waals surface area contributed by atoms with Crippen LogP contribution in [0.2, 0.25) is 0 Å². The van der Waals surface area contributed by atoms with Crippen molar-refractivity contribution in [3.8, 4) is 0 Å². The summed E-state index contributed by atoms with van der Waals surface area (Å²) in [6.07, 6.45) is 0.345. The molecule has 1 aromatic rings. The molecule has 1 aromatic carbocycles. The molecule has 0 unspecified atom stereocenters. The van der Waals surface area contributed by atoms with Gasteiger partial charge in [0.2, 0.25) is 0 Å². The Hall–Kier alpha value is -2.16. The van der Waals surface area contributed by atoms with Gasteiger partial charge in [-0.15, -0.1) is 0 Å². The van der Waals surface area contributed by atoms with E-state index < -0.39 is 26.3 Å². The molecule has 1 saturated heterocycles. The molecule has 1 heterocycles. The third-order valence-corrected chi connectivity index (χ3v) is 5.14. The van der Waals surface area contributed by atoms with Crippen LogP contribution in [0.25, 0.3) is 0 Å². The lowest BCUT2D eigenvalue weighted by molar-refractivity contribution is -0.384. The van der Waals surface area contributed by atoms with Crippen molar-refractivity contribution in [1.82, 2.24) is 5.32 Å². The molecule has 9 heteroatoms.